The number of nitrogens with zero attached hydrogens (tertiary/aromatic N) is 4. The summed E-state index contributed by atoms with van der Waals surface area (Å²) in [4.78, 5) is 8.90. The van der Waals surface area contributed by atoms with Gasteiger partial charge in [-0.1, -0.05) is 5.92 Å². The minimum atomic E-state index is -4.39. The first kappa shape index (κ1) is 26.5. The summed E-state index contributed by atoms with van der Waals surface area (Å²) in [6, 6.07) is 11.1. The maximum atomic E-state index is 13.3. The first-order valence-electron chi connectivity index (χ1n) is 12.1. The second-order valence-electron chi connectivity index (χ2n) is 9.53. The Bertz CT molecular complexity index is 1320. The molecule has 7 nitrogen and oxygen atoms in total. The molecule has 0 bridgehead atoms. The molecule has 0 spiro atoms. The van der Waals surface area contributed by atoms with E-state index in [9.17, 15) is 18.4 Å². The van der Waals surface area contributed by atoms with Crippen LogP contribution in [0.15, 0.2) is 36.5 Å². The van der Waals surface area contributed by atoms with E-state index in [-0.39, 0.29) is 12.2 Å². The van der Waals surface area contributed by atoms with Gasteiger partial charge in [-0.05, 0) is 62.9 Å². The molecular formula is C27H29F3N6O. The van der Waals surface area contributed by atoms with Crippen molar-refractivity contribution in [2.75, 3.05) is 25.1 Å². The maximum absolute atomic E-state index is 13.3. The molecule has 1 aliphatic heterocycles. The average Bonchev–Trinajstić information content (AvgIpc) is 3.21. The van der Waals surface area contributed by atoms with E-state index in [0.29, 0.717) is 35.0 Å². The monoisotopic (exact) mass is 510 g/mol. The summed E-state index contributed by atoms with van der Waals surface area (Å²) in [5, 5.41) is 15.8. The predicted molar refractivity (Wildman–Crippen MR) is 135 cm³/mol. The quantitative estimate of drug-likeness (QED) is 0.455. The van der Waals surface area contributed by atoms with Gasteiger partial charge in [0.05, 0.1) is 58.0 Å². The molecule has 3 aromatic heterocycles. The molecule has 4 heterocycles. The molecule has 1 fully saturated rings. The molecule has 3 aromatic rings. The number of anilines is 1. The minimum absolute atomic E-state index is 0.212. The van der Waals surface area contributed by atoms with Gasteiger partial charge in [0.25, 0.3) is 0 Å². The lowest BCUT2D eigenvalue weighted by Gasteiger charge is -2.23. The van der Waals surface area contributed by atoms with Crippen LogP contribution in [0.5, 0.6) is 0 Å². The Balaban J connectivity index is 1.48. The van der Waals surface area contributed by atoms with Crippen molar-refractivity contribution in [2.45, 2.75) is 57.4 Å². The summed E-state index contributed by atoms with van der Waals surface area (Å²) in [5.74, 6) is 5.76. The van der Waals surface area contributed by atoms with Crippen molar-refractivity contribution >= 4 is 16.7 Å². The Kier molecular flexibility index (Phi) is 8.01. The van der Waals surface area contributed by atoms with Crippen molar-refractivity contribution in [3.05, 3.63) is 53.6 Å². The lowest BCUT2D eigenvalue weighted by Crippen LogP contribution is -2.34. The van der Waals surface area contributed by atoms with Crippen molar-refractivity contribution in [1.82, 2.24) is 19.9 Å². The zero-order valence-electron chi connectivity index (χ0n) is 20.8. The second kappa shape index (κ2) is 11.2. The fourth-order valence-electron chi connectivity index (χ4n) is 4.09. The molecule has 0 aliphatic carbocycles. The largest absolute Gasteiger partial charge is 0.406 e. The number of hydrogen-bond acceptors (Lipinski definition) is 6. The summed E-state index contributed by atoms with van der Waals surface area (Å²) in [5.41, 5.74) is 2.54. The van der Waals surface area contributed by atoms with Gasteiger partial charge in [0, 0.05) is 25.8 Å². The Morgan fingerprint density at radius 3 is 2.62 bits per heavy atom. The smallest absolute Gasteiger partial charge is 0.381 e. The first-order valence-corrected chi connectivity index (χ1v) is 12.1. The summed E-state index contributed by atoms with van der Waals surface area (Å²) in [6.07, 6.45) is -0.933. The number of aromatic nitrogens is 3. The van der Waals surface area contributed by atoms with E-state index in [1.165, 1.54) is 0 Å². The van der Waals surface area contributed by atoms with Crippen LogP contribution in [-0.4, -0.2) is 46.5 Å². The molecular weight excluding hydrogens is 481 g/mol. The molecule has 2 N–H and O–H groups in total. The zero-order valence-corrected chi connectivity index (χ0v) is 20.8. The van der Waals surface area contributed by atoms with Gasteiger partial charge in [-0.25, -0.2) is 4.98 Å². The van der Waals surface area contributed by atoms with E-state index in [0.717, 1.165) is 36.3 Å². The first-order chi connectivity index (χ1) is 17.6. The lowest BCUT2D eigenvalue weighted by atomic mass is 9.91. The van der Waals surface area contributed by atoms with Crippen LogP contribution in [0.4, 0.5) is 18.9 Å². The highest BCUT2D eigenvalue weighted by molar-refractivity contribution is 5.78. The van der Waals surface area contributed by atoms with Crippen LogP contribution >= 0.6 is 0 Å². The third kappa shape index (κ3) is 7.00. The van der Waals surface area contributed by atoms with Gasteiger partial charge in [0.2, 0.25) is 0 Å². The van der Waals surface area contributed by atoms with E-state index in [1.807, 2.05) is 0 Å². The van der Waals surface area contributed by atoms with E-state index in [4.69, 9.17) is 4.74 Å². The van der Waals surface area contributed by atoms with E-state index in [2.05, 4.69) is 38.5 Å². The number of fused-ring (bicyclic) bond motifs is 1. The molecule has 0 atom stereocenters. The third-order valence-corrected chi connectivity index (χ3v) is 6.23. The van der Waals surface area contributed by atoms with Gasteiger partial charge in [0.15, 0.2) is 0 Å². The van der Waals surface area contributed by atoms with E-state index in [1.54, 1.807) is 50.4 Å². The number of rotatable bonds is 7. The van der Waals surface area contributed by atoms with Crippen molar-refractivity contribution in [3.63, 3.8) is 0 Å². The van der Waals surface area contributed by atoms with Crippen LogP contribution in [0.25, 0.3) is 11.0 Å². The summed E-state index contributed by atoms with van der Waals surface area (Å²) < 4.78 is 46.5. The van der Waals surface area contributed by atoms with Crippen molar-refractivity contribution in [3.8, 4) is 17.9 Å². The number of hydrogen-bond donors (Lipinski definition) is 2. The van der Waals surface area contributed by atoms with Crippen molar-refractivity contribution in [1.29, 1.82) is 5.26 Å². The highest BCUT2D eigenvalue weighted by atomic mass is 19.4. The van der Waals surface area contributed by atoms with Gasteiger partial charge < -0.3 is 19.9 Å². The fraction of sp³-hybridized carbons (Fsp3) is 0.444. The van der Waals surface area contributed by atoms with Crippen molar-refractivity contribution in [2.24, 2.45) is 0 Å². The molecule has 0 radical (unpaired) electrons. The maximum Gasteiger partial charge on any atom is 0.406 e. The van der Waals surface area contributed by atoms with Crippen LogP contribution in [0, 0.1) is 23.2 Å². The van der Waals surface area contributed by atoms with Gasteiger partial charge in [0.1, 0.15) is 6.54 Å². The van der Waals surface area contributed by atoms with Gasteiger partial charge in [-0.2, -0.15) is 18.4 Å². The molecule has 0 amide bonds. The SMILES string of the molecule is CC(C)(C#N)c1ccc(NCC#Cc2cc3nc(CNC4CCOCC4)ccc3n2CC(F)(F)F)cn1. The Morgan fingerprint density at radius 2 is 1.95 bits per heavy atom. The standard InChI is InChI=1S/C27H29F3N6O/c1-26(2,17-31)25-8-6-20(15-34-25)32-11-3-4-22-14-23-24(36(22)18-27(28,29)30)7-5-21(35-23)16-33-19-9-12-37-13-10-19/h5-8,14-15,19,32-33H,9-13,16,18H2,1-2H3. The predicted octanol–water partition coefficient (Wildman–Crippen LogP) is 4.53. The number of alkyl halides is 3. The normalized spacial score (nSPS) is 14.7. The van der Waals surface area contributed by atoms with Crippen LogP contribution < -0.4 is 10.6 Å². The Hall–Kier alpha value is -3.60. The summed E-state index contributed by atoms with van der Waals surface area (Å²) >= 11 is 0. The Labute approximate surface area is 214 Å². The van der Waals surface area contributed by atoms with E-state index >= 15 is 0 Å². The molecule has 0 unspecified atom stereocenters. The molecule has 0 saturated carbocycles. The van der Waals surface area contributed by atoms with Crippen LogP contribution in [0.2, 0.25) is 0 Å². The highest BCUT2D eigenvalue weighted by Crippen LogP contribution is 2.25. The van der Waals surface area contributed by atoms with Crippen LogP contribution in [0.1, 0.15) is 43.8 Å². The van der Waals surface area contributed by atoms with Crippen molar-refractivity contribution < 1.29 is 17.9 Å². The molecule has 194 valence electrons. The molecule has 37 heavy (non-hydrogen) atoms. The number of pyridine rings is 2. The Morgan fingerprint density at radius 1 is 1.16 bits per heavy atom. The zero-order chi connectivity index (χ0) is 26.5. The van der Waals surface area contributed by atoms with Crippen LogP contribution in [-0.2, 0) is 23.2 Å². The fourth-order valence-corrected chi connectivity index (χ4v) is 4.09. The summed E-state index contributed by atoms with van der Waals surface area (Å²) in [6.45, 7) is 4.63. The topological polar surface area (TPSA) is 87.8 Å². The third-order valence-electron chi connectivity index (χ3n) is 6.23. The minimum Gasteiger partial charge on any atom is -0.381 e. The average molecular weight is 511 g/mol. The van der Waals surface area contributed by atoms with Crippen LogP contribution in [0.3, 0.4) is 0 Å². The summed E-state index contributed by atoms with van der Waals surface area (Å²) in [7, 11) is 0. The highest BCUT2D eigenvalue weighted by Gasteiger charge is 2.30. The molecule has 10 heteroatoms. The number of nitriles is 1. The van der Waals surface area contributed by atoms with E-state index < -0.39 is 18.1 Å². The molecule has 4 rings (SSSR count). The van der Waals surface area contributed by atoms with Gasteiger partial charge in [-0.3, -0.25) is 4.98 Å². The molecule has 0 aromatic carbocycles. The lowest BCUT2D eigenvalue weighted by molar-refractivity contribution is -0.140. The number of ether oxygens (including phenoxy) is 1. The molecule has 1 aliphatic rings. The van der Waals surface area contributed by atoms with Gasteiger partial charge >= 0.3 is 6.18 Å². The second-order valence-corrected chi connectivity index (χ2v) is 9.53. The molecule has 1 saturated heterocycles. The number of halogens is 3. The van der Waals surface area contributed by atoms with Gasteiger partial charge in [-0.15, -0.1) is 0 Å². The number of nitrogens with one attached hydrogen (secondary N) is 2.